The van der Waals surface area contributed by atoms with Gasteiger partial charge in [-0.3, -0.25) is 4.79 Å². The van der Waals surface area contributed by atoms with Crippen LogP contribution in [0.3, 0.4) is 0 Å². The first-order valence-electron chi connectivity index (χ1n) is 12.4. The Morgan fingerprint density at radius 3 is 2.38 bits per heavy atom. The Labute approximate surface area is 219 Å². The summed E-state index contributed by atoms with van der Waals surface area (Å²) >= 11 is 0. The van der Waals surface area contributed by atoms with Crippen molar-refractivity contribution in [3.05, 3.63) is 102 Å². The molecular weight excluding hydrogens is 464 g/mol. The number of carbonyl (C=O) groups excluding carboxylic acids is 1. The molecule has 0 aliphatic carbocycles. The number of likely N-dealkylation sites (N-methyl/N-ethyl adjacent to an activating group) is 1. The molecule has 0 aromatic heterocycles. The number of allylic oxidation sites excluding steroid dienone is 1. The smallest absolute Gasteiger partial charge is 0.245 e. The van der Waals surface area contributed by atoms with Gasteiger partial charge < -0.3 is 24.8 Å². The standard InChI is InChI=1S/C31H36N2O4/c1-5-27(23-10-7-6-8-11-23)31(28-18-15-25(34)22-29(28)36-4)24-13-16-26(17-14-24)37-21-20-32-19-9-12-30(35)33(2)3/h6-18,22,32,34H,5,19-21H2,1-4H3. The van der Waals surface area contributed by atoms with Crippen molar-refractivity contribution in [3.63, 3.8) is 0 Å². The van der Waals surface area contributed by atoms with Crippen LogP contribution in [0.1, 0.15) is 30.0 Å². The fourth-order valence-corrected chi connectivity index (χ4v) is 4.00. The van der Waals surface area contributed by atoms with E-state index in [0.29, 0.717) is 25.4 Å². The predicted molar refractivity (Wildman–Crippen MR) is 150 cm³/mol. The largest absolute Gasteiger partial charge is 0.508 e. The van der Waals surface area contributed by atoms with E-state index < -0.39 is 0 Å². The second-order valence-electron chi connectivity index (χ2n) is 8.67. The highest BCUT2D eigenvalue weighted by molar-refractivity contribution is 6.00. The highest BCUT2D eigenvalue weighted by atomic mass is 16.5. The van der Waals surface area contributed by atoms with Gasteiger partial charge in [-0.05, 0) is 53.0 Å². The number of hydrogen-bond donors (Lipinski definition) is 2. The number of nitrogens with one attached hydrogen (secondary N) is 1. The molecule has 0 fully saturated rings. The summed E-state index contributed by atoms with van der Waals surface area (Å²) in [6, 6.07) is 23.6. The Kier molecular flexibility index (Phi) is 10.4. The third-order valence-corrected chi connectivity index (χ3v) is 5.89. The van der Waals surface area contributed by atoms with Gasteiger partial charge in [0.1, 0.15) is 23.9 Å². The molecule has 3 aromatic carbocycles. The molecule has 6 nitrogen and oxygen atoms in total. The summed E-state index contributed by atoms with van der Waals surface area (Å²) in [6.07, 6.45) is 4.18. The number of phenolic OH excluding ortho intramolecular Hbond substituents is 1. The van der Waals surface area contributed by atoms with Gasteiger partial charge in [0.2, 0.25) is 5.91 Å². The van der Waals surface area contributed by atoms with Gasteiger partial charge in [0, 0.05) is 44.9 Å². The summed E-state index contributed by atoms with van der Waals surface area (Å²) in [5.74, 6) is 1.52. The van der Waals surface area contributed by atoms with Crippen LogP contribution in [-0.4, -0.2) is 56.8 Å². The van der Waals surface area contributed by atoms with Crippen LogP contribution in [0.15, 0.2) is 84.9 Å². The Balaban J connectivity index is 1.79. The lowest BCUT2D eigenvalue weighted by molar-refractivity contribution is -0.123. The van der Waals surface area contributed by atoms with Crippen LogP contribution in [-0.2, 0) is 4.79 Å². The van der Waals surface area contributed by atoms with Gasteiger partial charge in [-0.25, -0.2) is 0 Å². The molecule has 0 atom stereocenters. The van der Waals surface area contributed by atoms with Crippen molar-refractivity contribution in [1.82, 2.24) is 10.2 Å². The molecule has 1 amide bonds. The van der Waals surface area contributed by atoms with Gasteiger partial charge in [-0.1, -0.05) is 55.5 Å². The third-order valence-electron chi connectivity index (χ3n) is 5.89. The summed E-state index contributed by atoms with van der Waals surface area (Å²) in [7, 11) is 5.07. The van der Waals surface area contributed by atoms with Gasteiger partial charge in [0.25, 0.3) is 0 Å². The van der Waals surface area contributed by atoms with E-state index in [1.165, 1.54) is 10.5 Å². The highest BCUT2D eigenvalue weighted by Crippen LogP contribution is 2.40. The number of aromatic hydroxyl groups is 1. The second-order valence-corrected chi connectivity index (χ2v) is 8.67. The van der Waals surface area contributed by atoms with E-state index in [9.17, 15) is 9.90 Å². The number of carbonyl (C=O) groups is 1. The van der Waals surface area contributed by atoms with Crippen molar-refractivity contribution in [3.8, 4) is 17.2 Å². The number of methoxy groups -OCH3 is 1. The highest BCUT2D eigenvalue weighted by Gasteiger charge is 2.17. The molecule has 0 saturated carbocycles. The average Bonchev–Trinajstić information content (AvgIpc) is 2.92. The van der Waals surface area contributed by atoms with Crippen molar-refractivity contribution < 1.29 is 19.4 Å². The van der Waals surface area contributed by atoms with Crippen LogP contribution in [0.25, 0.3) is 11.1 Å². The average molecular weight is 501 g/mol. The molecule has 0 heterocycles. The number of benzene rings is 3. The monoisotopic (exact) mass is 500 g/mol. The lowest BCUT2D eigenvalue weighted by atomic mass is 9.87. The molecule has 3 aromatic rings. The SMILES string of the molecule is CCC(=C(c1ccc(OCCNCC=CC(=O)N(C)C)cc1)c1ccc(O)cc1OC)c1ccccc1. The molecule has 194 valence electrons. The first-order valence-corrected chi connectivity index (χ1v) is 12.4. The molecule has 6 heteroatoms. The maximum atomic E-state index is 11.5. The molecule has 0 unspecified atom stereocenters. The predicted octanol–water partition coefficient (Wildman–Crippen LogP) is 5.38. The lowest BCUT2D eigenvalue weighted by Gasteiger charge is -2.19. The molecule has 0 bridgehead atoms. The fourth-order valence-electron chi connectivity index (χ4n) is 4.00. The minimum atomic E-state index is -0.0324. The summed E-state index contributed by atoms with van der Waals surface area (Å²) in [5, 5.41) is 13.3. The van der Waals surface area contributed by atoms with E-state index in [1.54, 1.807) is 45.5 Å². The second kappa shape index (κ2) is 13.9. The Morgan fingerprint density at radius 1 is 1.00 bits per heavy atom. The van der Waals surface area contributed by atoms with E-state index >= 15 is 0 Å². The topological polar surface area (TPSA) is 71.0 Å². The zero-order chi connectivity index (χ0) is 26.6. The van der Waals surface area contributed by atoms with Gasteiger partial charge in [0.05, 0.1) is 7.11 Å². The Hall–Kier alpha value is -4.03. The van der Waals surface area contributed by atoms with E-state index in [1.807, 2.05) is 36.4 Å². The number of nitrogens with zero attached hydrogens (tertiary/aromatic N) is 1. The number of ether oxygens (including phenoxy) is 2. The van der Waals surface area contributed by atoms with E-state index in [4.69, 9.17) is 9.47 Å². The van der Waals surface area contributed by atoms with Crippen molar-refractivity contribution in [2.75, 3.05) is 40.9 Å². The van der Waals surface area contributed by atoms with Crippen LogP contribution in [0.5, 0.6) is 17.2 Å². The van der Waals surface area contributed by atoms with Gasteiger partial charge in [0.15, 0.2) is 0 Å². The van der Waals surface area contributed by atoms with Gasteiger partial charge in [-0.2, -0.15) is 0 Å². The minimum Gasteiger partial charge on any atom is -0.508 e. The zero-order valence-electron chi connectivity index (χ0n) is 22.0. The van der Waals surface area contributed by atoms with Crippen molar-refractivity contribution in [2.45, 2.75) is 13.3 Å². The molecule has 37 heavy (non-hydrogen) atoms. The van der Waals surface area contributed by atoms with E-state index in [2.05, 4.69) is 36.5 Å². The molecule has 3 rings (SSSR count). The molecule has 0 aliphatic heterocycles. The quantitative estimate of drug-likeness (QED) is 0.198. The summed E-state index contributed by atoms with van der Waals surface area (Å²) in [6.45, 7) is 3.91. The van der Waals surface area contributed by atoms with Crippen LogP contribution >= 0.6 is 0 Å². The van der Waals surface area contributed by atoms with Crippen LogP contribution < -0.4 is 14.8 Å². The third kappa shape index (κ3) is 7.72. The Bertz CT molecular complexity index is 1220. The zero-order valence-corrected chi connectivity index (χ0v) is 22.0. The van der Waals surface area contributed by atoms with Crippen LogP contribution in [0.4, 0.5) is 0 Å². The number of rotatable bonds is 12. The maximum Gasteiger partial charge on any atom is 0.245 e. The van der Waals surface area contributed by atoms with E-state index in [0.717, 1.165) is 34.4 Å². The molecule has 0 spiro atoms. The molecule has 2 N–H and O–H groups in total. The molecule has 0 saturated heterocycles. The van der Waals surface area contributed by atoms with Gasteiger partial charge >= 0.3 is 0 Å². The van der Waals surface area contributed by atoms with Crippen molar-refractivity contribution in [2.24, 2.45) is 0 Å². The lowest BCUT2D eigenvalue weighted by Crippen LogP contribution is -2.22. The summed E-state index contributed by atoms with van der Waals surface area (Å²) in [4.78, 5) is 13.1. The summed E-state index contributed by atoms with van der Waals surface area (Å²) in [5.41, 5.74) is 5.33. The first-order chi connectivity index (χ1) is 17.9. The van der Waals surface area contributed by atoms with Crippen molar-refractivity contribution >= 4 is 17.1 Å². The minimum absolute atomic E-state index is 0.0324. The normalized spacial score (nSPS) is 11.8. The molecule has 0 radical (unpaired) electrons. The fraction of sp³-hybridized carbons (Fsp3) is 0.258. The van der Waals surface area contributed by atoms with Gasteiger partial charge in [-0.15, -0.1) is 0 Å². The van der Waals surface area contributed by atoms with Crippen LogP contribution in [0.2, 0.25) is 0 Å². The molecule has 0 aliphatic rings. The number of phenols is 1. The van der Waals surface area contributed by atoms with Crippen LogP contribution in [0, 0.1) is 0 Å². The van der Waals surface area contributed by atoms with E-state index in [-0.39, 0.29) is 11.7 Å². The maximum absolute atomic E-state index is 11.5. The van der Waals surface area contributed by atoms with Crippen molar-refractivity contribution in [1.29, 1.82) is 0 Å². The Morgan fingerprint density at radius 2 is 1.73 bits per heavy atom. The first kappa shape index (κ1) is 27.6. The number of amides is 1. The number of hydrogen-bond acceptors (Lipinski definition) is 5. The summed E-state index contributed by atoms with van der Waals surface area (Å²) < 4.78 is 11.6. The molecular formula is C31H36N2O4.